The van der Waals surface area contributed by atoms with Crippen molar-refractivity contribution in [3.05, 3.63) is 95.1 Å². The molecule has 35 heavy (non-hydrogen) atoms. The van der Waals surface area contributed by atoms with Gasteiger partial charge in [-0.05, 0) is 67.8 Å². The summed E-state index contributed by atoms with van der Waals surface area (Å²) in [5.74, 6) is -0.476. The van der Waals surface area contributed by atoms with E-state index in [0.29, 0.717) is 22.7 Å². The summed E-state index contributed by atoms with van der Waals surface area (Å²) in [6, 6.07) is 20.8. The SMILES string of the molecule is CCc1ccc(C2/C(=C(/O)c3cccc(OC)c3)C(=O)C(=O)N2c2ccc(OC(C)C)cc2)cc1. The number of nitrogens with zero attached hydrogens (tertiary/aromatic N) is 1. The molecule has 1 N–H and O–H groups in total. The third-order valence-electron chi connectivity index (χ3n) is 5.98. The van der Waals surface area contributed by atoms with Gasteiger partial charge >= 0.3 is 0 Å². The molecule has 0 aromatic heterocycles. The highest BCUT2D eigenvalue weighted by Crippen LogP contribution is 2.42. The van der Waals surface area contributed by atoms with Gasteiger partial charge in [0.05, 0.1) is 24.8 Å². The zero-order valence-corrected chi connectivity index (χ0v) is 20.3. The van der Waals surface area contributed by atoms with Crippen LogP contribution in [0.4, 0.5) is 5.69 Å². The Kier molecular flexibility index (Phi) is 6.92. The van der Waals surface area contributed by atoms with E-state index >= 15 is 0 Å². The van der Waals surface area contributed by atoms with Crippen molar-refractivity contribution in [3.63, 3.8) is 0 Å². The van der Waals surface area contributed by atoms with Gasteiger partial charge in [0.15, 0.2) is 0 Å². The number of anilines is 1. The van der Waals surface area contributed by atoms with Gasteiger partial charge in [0, 0.05) is 11.3 Å². The third kappa shape index (κ3) is 4.78. The van der Waals surface area contributed by atoms with E-state index in [4.69, 9.17) is 9.47 Å². The average Bonchev–Trinajstić information content (AvgIpc) is 3.14. The molecule has 1 aliphatic heterocycles. The van der Waals surface area contributed by atoms with Gasteiger partial charge in [0.25, 0.3) is 11.7 Å². The van der Waals surface area contributed by atoms with Crippen molar-refractivity contribution < 1.29 is 24.2 Å². The Balaban J connectivity index is 1.87. The van der Waals surface area contributed by atoms with Crippen molar-refractivity contribution >= 4 is 23.1 Å². The van der Waals surface area contributed by atoms with Crippen molar-refractivity contribution in [2.24, 2.45) is 0 Å². The maximum Gasteiger partial charge on any atom is 0.300 e. The van der Waals surface area contributed by atoms with Gasteiger partial charge in [-0.25, -0.2) is 0 Å². The fourth-order valence-corrected chi connectivity index (χ4v) is 4.23. The summed E-state index contributed by atoms with van der Waals surface area (Å²) in [4.78, 5) is 28.1. The molecule has 1 saturated heterocycles. The van der Waals surface area contributed by atoms with E-state index in [2.05, 4.69) is 6.92 Å². The van der Waals surface area contributed by atoms with Crippen LogP contribution in [0.3, 0.4) is 0 Å². The maximum atomic E-state index is 13.3. The van der Waals surface area contributed by atoms with Crippen molar-refractivity contribution in [2.45, 2.75) is 39.3 Å². The highest BCUT2D eigenvalue weighted by molar-refractivity contribution is 6.51. The lowest BCUT2D eigenvalue weighted by molar-refractivity contribution is -0.132. The number of carbonyl (C=O) groups excluding carboxylic acids is 2. The zero-order chi connectivity index (χ0) is 25.1. The topological polar surface area (TPSA) is 76.1 Å². The number of Topliss-reactive ketones (excluding diaryl/α,β-unsaturated/α-hetero) is 1. The molecule has 3 aromatic rings. The van der Waals surface area contributed by atoms with Crippen LogP contribution in [0.1, 0.15) is 43.5 Å². The van der Waals surface area contributed by atoms with E-state index in [1.165, 1.54) is 12.0 Å². The Morgan fingerprint density at radius 3 is 2.26 bits per heavy atom. The molecular weight excluding hydrogens is 442 g/mol. The standard InChI is InChI=1S/C29H29NO5/c1-5-19-9-11-20(12-10-19)26-25(27(31)21-7-6-8-24(17-21)34-4)28(32)29(33)30(26)22-13-15-23(16-14-22)35-18(2)3/h6-18,26,31H,5H2,1-4H3/b27-25-. The first-order chi connectivity index (χ1) is 16.8. The van der Waals surface area contributed by atoms with E-state index in [1.54, 1.807) is 48.5 Å². The summed E-state index contributed by atoms with van der Waals surface area (Å²) < 4.78 is 11.0. The first-order valence-electron chi connectivity index (χ1n) is 11.6. The zero-order valence-electron chi connectivity index (χ0n) is 20.3. The highest BCUT2D eigenvalue weighted by atomic mass is 16.5. The van der Waals surface area contributed by atoms with E-state index < -0.39 is 17.7 Å². The van der Waals surface area contributed by atoms with Gasteiger partial charge in [-0.1, -0.05) is 43.3 Å². The van der Waals surface area contributed by atoms with Crippen LogP contribution < -0.4 is 14.4 Å². The minimum Gasteiger partial charge on any atom is -0.507 e. The fraction of sp³-hybridized carbons (Fsp3) is 0.241. The number of carbonyl (C=O) groups is 2. The van der Waals surface area contributed by atoms with Crippen LogP contribution in [-0.2, 0) is 16.0 Å². The lowest BCUT2D eigenvalue weighted by Gasteiger charge is -2.26. The number of methoxy groups -OCH3 is 1. The first-order valence-corrected chi connectivity index (χ1v) is 11.6. The second-order valence-electron chi connectivity index (χ2n) is 8.66. The van der Waals surface area contributed by atoms with Crippen LogP contribution in [0.2, 0.25) is 0 Å². The number of hydrogen-bond acceptors (Lipinski definition) is 5. The number of amides is 1. The first kappa shape index (κ1) is 24.1. The fourth-order valence-electron chi connectivity index (χ4n) is 4.23. The van der Waals surface area contributed by atoms with E-state index in [1.807, 2.05) is 38.1 Å². The number of ketones is 1. The minimum atomic E-state index is -0.788. The van der Waals surface area contributed by atoms with Crippen molar-refractivity contribution in [3.8, 4) is 11.5 Å². The summed E-state index contributed by atoms with van der Waals surface area (Å²) in [6.07, 6.45) is 0.872. The van der Waals surface area contributed by atoms with Gasteiger partial charge in [-0.3, -0.25) is 14.5 Å². The van der Waals surface area contributed by atoms with Crippen LogP contribution in [0, 0.1) is 0 Å². The molecule has 1 unspecified atom stereocenters. The van der Waals surface area contributed by atoms with Crippen molar-refractivity contribution in [2.75, 3.05) is 12.0 Å². The van der Waals surface area contributed by atoms with Crippen molar-refractivity contribution in [1.29, 1.82) is 0 Å². The molecule has 0 bridgehead atoms. The lowest BCUT2D eigenvalue weighted by atomic mass is 9.94. The molecule has 1 aliphatic rings. The van der Waals surface area contributed by atoms with Crippen LogP contribution in [-0.4, -0.2) is 30.0 Å². The number of ether oxygens (including phenoxy) is 2. The lowest BCUT2D eigenvalue weighted by Crippen LogP contribution is -2.29. The van der Waals surface area contributed by atoms with Crippen LogP contribution in [0.5, 0.6) is 11.5 Å². The number of hydrogen-bond donors (Lipinski definition) is 1. The van der Waals surface area contributed by atoms with Crippen molar-refractivity contribution in [1.82, 2.24) is 0 Å². The van der Waals surface area contributed by atoms with E-state index in [0.717, 1.165) is 17.5 Å². The Morgan fingerprint density at radius 2 is 1.66 bits per heavy atom. The minimum absolute atomic E-state index is 0.00928. The molecule has 0 aliphatic carbocycles. The Bertz CT molecular complexity index is 1260. The molecular formula is C29H29NO5. The summed E-state index contributed by atoms with van der Waals surface area (Å²) in [6.45, 7) is 5.93. The maximum absolute atomic E-state index is 13.3. The molecule has 1 heterocycles. The largest absolute Gasteiger partial charge is 0.507 e. The molecule has 4 rings (SSSR count). The van der Waals surface area contributed by atoms with E-state index in [9.17, 15) is 14.7 Å². The number of aliphatic hydroxyl groups excluding tert-OH is 1. The second-order valence-corrected chi connectivity index (χ2v) is 8.66. The van der Waals surface area contributed by atoms with Gasteiger partial charge in [0.1, 0.15) is 17.3 Å². The summed E-state index contributed by atoms with van der Waals surface area (Å²) >= 11 is 0. The quantitative estimate of drug-likeness (QED) is 0.273. The smallest absolute Gasteiger partial charge is 0.300 e. The number of aryl methyl sites for hydroxylation is 1. The second kappa shape index (κ2) is 10.1. The molecule has 1 atom stereocenters. The predicted molar refractivity (Wildman–Crippen MR) is 136 cm³/mol. The Labute approximate surface area is 205 Å². The number of benzene rings is 3. The Morgan fingerprint density at radius 1 is 0.971 bits per heavy atom. The number of rotatable bonds is 7. The molecule has 0 saturated carbocycles. The van der Waals surface area contributed by atoms with Gasteiger partial charge in [-0.15, -0.1) is 0 Å². The van der Waals surface area contributed by atoms with E-state index in [-0.39, 0.29) is 17.4 Å². The molecule has 3 aromatic carbocycles. The molecule has 0 radical (unpaired) electrons. The monoisotopic (exact) mass is 471 g/mol. The number of aliphatic hydroxyl groups is 1. The Hall–Kier alpha value is -4.06. The molecule has 1 fully saturated rings. The molecule has 1 amide bonds. The summed E-state index contributed by atoms with van der Waals surface area (Å²) in [5.41, 5.74) is 2.84. The molecule has 180 valence electrons. The van der Waals surface area contributed by atoms with Gasteiger partial charge in [0.2, 0.25) is 0 Å². The van der Waals surface area contributed by atoms with Crippen LogP contribution in [0.15, 0.2) is 78.4 Å². The third-order valence-corrected chi connectivity index (χ3v) is 5.98. The van der Waals surface area contributed by atoms with Gasteiger partial charge in [-0.2, -0.15) is 0 Å². The normalized spacial score (nSPS) is 17.2. The predicted octanol–water partition coefficient (Wildman–Crippen LogP) is 5.67. The summed E-state index contributed by atoms with van der Waals surface area (Å²) in [7, 11) is 1.53. The van der Waals surface area contributed by atoms with Crippen LogP contribution in [0.25, 0.3) is 5.76 Å². The molecule has 6 heteroatoms. The van der Waals surface area contributed by atoms with Gasteiger partial charge < -0.3 is 14.6 Å². The molecule has 6 nitrogen and oxygen atoms in total. The summed E-state index contributed by atoms with van der Waals surface area (Å²) in [5, 5.41) is 11.3. The molecule has 0 spiro atoms. The van der Waals surface area contributed by atoms with Crippen LogP contribution >= 0.6 is 0 Å². The highest BCUT2D eigenvalue weighted by Gasteiger charge is 2.47. The average molecular weight is 472 g/mol.